The Bertz CT molecular complexity index is 3950. The highest BCUT2D eigenvalue weighted by molar-refractivity contribution is 6.00. The minimum atomic E-state index is -1.75. The van der Waals surface area contributed by atoms with Crippen molar-refractivity contribution in [3.05, 3.63) is 35.9 Å². The lowest BCUT2D eigenvalue weighted by molar-refractivity contribution is -0.142. The maximum atomic E-state index is 13.8. The SMILES string of the molecule is CC[C@H](C)[C@H](NC(=O)CNC(=O)[C@H](CCCCN)NC(=O)CNC(=O)[C@H](Cc1ccccc1)NC(=O)CNC(=O)[C@@H](NC(=O)CNC(=O)[C@@H]1CCCN1C(=O)CN)C(C)C)C(=O)NCC(=O)N[C@H](C(=O)NCC(=O)N[C@@H](CCCNC(=N)N)C(=O)NCC(=O)N1CCC[C@H]1C(=O)NCC(=O)N1CCC[C@H]1C(=O)NCC(=O)N[C@@H](CCC(N)=O)C(=O)O)[C@@H](C)O. The van der Waals surface area contributed by atoms with Gasteiger partial charge in [0, 0.05) is 39.0 Å². The molecule has 3 aliphatic heterocycles. The summed E-state index contributed by atoms with van der Waals surface area (Å²) in [5.74, 6) is -19.2. The van der Waals surface area contributed by atoms with Gasteiger partial charge >= 0.3 is 5.97 Å². The molecule has 0 spiro atoms. The molecule has 48 nitrogen and oxygen atoms in total. The third kappa shape index (κ3) is 36.5. The van der Waals surface area contributed by atoms with Gasteiger partial charge < -0.3 is 138 Å². The Morgan fingerprint density at radius 1 is 0.427 bits per heavy atom. The van der Waals surface area contributed by atoms with Crippen molar-refractivity contribution < 1.29 is 111 Å². The summed E-state index contributed by atoms with van der Waals surface area (Å²) >= 11 is 0. The first kappa shape index (κ1) is 104. The zero-order valence-electron chi connectivity index (χ0n) is 70.2. The van der Waals surface area contributed by atoms with E-state index in [-0.39, 0.29) is 84.1 Å². The van der Waals surface area contributed by atoms with E-state index in [2.05, 4.69) is 90.4 Å². The Kier molecular flexibility index (Phi) is 45.0. The Labute approximate surface area is 715 Å². The molecular formula is C76H121N25O23. The number of rotatable bonds is 53. The number of unbranched alkanes of at least 4 members (excludes halogenated alkanes) is 1. The zero-order valence-corrected chi connectivity index (χ0v) is 70.2. The quantitative estimate of drug-likeness (QED) is 0.0164. The second-order valence-electron chi connectivity index (χ2n) is 30.2. The van der Waals surface area contributed by atoms with E-state index in [0.717, 1.165) is 6.92 Å². The predicted molar refractivity (Wildman–Crippen MR) is 438 cm³/mol. The van der Waals surface area contributed by atoms with Crippen molar-refractivity contribution in [3.8, 4) is 0 Å². The first-order valence-electron chi connectivity index (χ1n) is 40.9. The van der Waals surface area contributed by atoms with Gasteiger partial charge in [0.25, 0.3) is 0 Å². The summed E-state index contributed by atoms with van der Waals surface area (Å²) in [6, 6.07) is -4.26. The molecule has 3 heterocycles. The second kappa shape index (κ2) is 53.9. The number of primary amides is 1. The number of amides is 20. The van der Waals surface area contributed by atoms with Crippen molar-refractivity contribution in [1.82, 2.24) is 105 Å². The molecule has 0 radical (unpaired) electrons. The number of hydrogen-bond acceptors (Lipinski definition) is 25. The second-order valence-corrected chi connectivity index (χ2v) is 30.2. The summed E-state index contributed by atoms with van der Waals surface area (Å²) in [7, 11) is 0. The molecule has 3 fully saturated rings. The predicted octanol–water partition coefficient (Wildman–Crippen LogP) is -11.6. The topological polar surface area (TPSA) is 741 Å². The Balaban J connectivity index is 1.27. The number of aliphatic hydroxyl groups is 1. The highest BCUT2D eigenvalue weighted by atomic mass is 16.4. The van der Waals surface area contributed by atoms with Gasteiger partial charge in [0.1, 0.15) is 60.4 Å². The summed E-state index contributed by atoms with van der Waals surface area (Å²) in [6.07, 6.45) is 0.693. The molecular weight excluding hydrogens is 1630 g/mol. The lowest BCUT2D eigenvalue weighted by Crippen LogP contribution is -2.57. The van der Waals surface area contributed by atoms with Crippen LogP contribution < -0.4 is 113 Å². The van der Waals surface area contributed by atoms with Crippen LogP contribution in [0.15, 0.2) is 30.3 Å². The standard InChI is InChI=1S/C76H121N25O23/c1-6-42(4)64(97-58(109)36-83-66(114)45(18-10-11-25-77)92-53(104)32-84-68(116)48(30-44-16-8-7-9-17-44)95-56(107)35-87-72(120)63(41(2)3)96-57(108)37-86-69(117)49-20-13-27-99(49)60(111)31-78)73(121)88-38-59(110)98-65(43(5)102)74(122)89-34-54(105)93-46(19-12-26-82-76(80)81)67(115)90-39-61(112)101-29-15-22-51(101)71(119)91-40-62(113)100-28-14-21-50(100)70(118)85-33-55(106)94-47(75(123)124)23-24-52(79)103/h7-9,16-17,41-43,45-51,63-65,102H,6,10-15,18-40,77-78H2,1-5H3,(H2,79,103)(H,83,114)(H,84,116)(H,85,118)(H,86,117)(H,87,120)(H,88,121)(H,89,122)(H,90,115)(H,91,119)(H,92,104)(H,93,105)(H,94,106)(H,95,107)(H,96,108)(H,97,109)(H,98,110)(H,123,124)(H4,80,81,82)/t42-,43+,45-,46-,47-,48-,49-,50-,51-,63-,64-,65-/m0/s1. The number of carbonyl (C=O) groups excluding carboxylic acids is 20. The van der Waals surface area contributed by atoms with Gasteiger partial charge in [0.15, 0.2) is 5.96 Å². The van der Waals surface area contributed by atoms with Crippen LogP contribution in [0.1, 0.15) is 130 Å². The number of carboxylic acid groups (broad SMARTS) is 1. The molecule has 28 N–H and O–H groups in total. The summed E-state index contributed by atoms with van der Waals surface area (Å²) in [5.41, 5.74) is 22.2. The maximum Gasteiger partial charge on any atom is 0.326 e. The normalized spacial score (nSPS) is 16.8. The Morgan fingerprint density at radius 2 is 0.790 bits per heavy atom. The number of carboxylic acids is 1. The van der Waals surface area contributed by atoms with Crippen LogP contribution in [0.3, 0.4) is 0 Å². The average molecular weight is 1750 g/mol. The maximum absolute atomic E-state index is 13.8. The number of carbonyl (C=O) groups is 21. The van der Waals surface area contributed by atoms with E-state index >= 15 is 0 Å². The van der Waals surface area contributed by atoms with Gasteiger partial charge in [-0.3, -0.25) is 101 Å². The minimum Gasteiger partial charge on any atom is -0.480 e. The van der Waals surface area contributed by atoms with E-state index in [1.165, 1.54) is 14.7 Å². The Morgan fingerprint density at radius 3 is 1.21 bits per heavy atom. The zero-order chi connectivity index (χ0) is 92.3. The van der Waals surface area contributed by atoms with Gasteiger partial charge in [-0.15, -0.1) is 0 Å². The fraction of sp³-hybridized carbons (Fsp3) is 0.632. The van der Waals surface area contributed by atoms with Gasteiger partial charge in [0.2, 0.25) is 118 Å². The summed E-state index contributed by atoms with van der Waals surface area (Å²) in [4.78, 5) is 279. The molecule has 1 aromatic carbocycles. The molecule has 3 aliphatic rings. The molecule has 0 bridgehead atoms. The van der Waals surface area contributed by atoms with Crippen LogP contribution in [-0.2, 0) is 107 Å². The minimum absolute atomic E-state index is 0.00478. The van der Waals surface area contributed by atoms with Crippen LogP contribution in [0.25, 0.3) is 0 Å². The van der Waals surface area contributed by atoms with Crippen LogP contribution >= 0.6 is 0 Å². The fourth-order valence-corrected chi connectivity index (χ4v) is 13.3. The van der Waals surface area contributed by atoms with E-state index in [4.69, 9.17) is 28.3 Å². The number of aliphatic hydroxyl groups excluding tert-OH is 1. The van der Waals surface area contributed by atoms with Crippen LogP contribution in [0, 0.1) is 17.2 Å². The first-order valence-corrected chi connectivity index (χ1v) is 40.9. The number of likely N-dealkylation sites (tertiary alicyclic amines) is 3. The van der Waals surface area contributed by atoms with Crippen molar-refractivity contribution in [2.75, 3.05) is 98.2 Å². The molecule has 48 heteroatoms. The number of guanidine groups is 1. The molecule has 3 saturated heterocycles. The number of hydrogen-bond donors (Lipinski definition) is 24. The molecule has 1 aromatic rings. The van der Waals surface area contributed by atoms with E-state index in [1.807, 2.05) is 0 Å². The number of nitrogens with two attached hydrogens (primary N) is 4. The molecule has 0 aromatic heterocycles. The van der Waals surface area contributed by atoms with Gasteiger partial charge in [-0.2, -0.15) is 0 Å². The third-order valence-corrected chi connectivity index (χ3v) is 20.2. The molecule has 124 heavy (non-hydrogen) atoms. The molecule has 20 amide bonds. The third-order valence-electron chi connectivity index (χ3n) is 20.2. The fourth-order valence-electron chi connectivity index (χ4n) is 13.3. The molecule has 0 unspecified atom stereocenters. The van der Waals surface area contributed by atoms with Gasteiger partial charge in [-0.05, 0) is 108 Å². The van der Waals surface area contributed by atoms with Crippen LogP contribution in [0.2, 0.25) is 0 Å². The smallest absolute Gasteiger partial charge is 0.326 e. The van der Waals surface area contributed by atoms with E-state index < -0.39 is 267 Å². The average Bonchev–Trinajstić information content (AvgIpc) is 1.70. The van der Waals surface area contributed by atoms with Crippen molar-refractivity contribution in [2.45, 2.75) is 197 Å². The van der Waals surface area contributed by atoms with E-state index in [0.29, 0.717) is 57.1 Å². The molecule has 0 aliphatic carbocycles. The van der Waals surface area contributed by atoms with Crippen molar-refractivity contribution in [2.24, 2.45) is 34.8 Å². The van der Waals surface area contributed by atoms with Gasteiger partial charge in [-0.25, -0.2) is 4.79 Å². The van der Waals surface area contributed by atoms with Crippen LogP contribution in [-0.4, -0.2) is 320 Å². The number of nitrogens with one attached hydrogen (secondary N) is 18. The Hall–Kier alpha value is -12.8. The van der Waals surface area contributed by atoms with Gasteiger partial charge in [-0.1, -0.05) is 64.4 Å². The molecule has 12 atom stereocenters. The number of benzene rings is 1. The van der Waals surface area contributed by atoms with Gasteiger partial charge in [0.05, 0.1) is 71.6 Å². The van der Waals surface area contributed by atoms with Crippen molar-refractivity contribution in [1.29, 1.82) is 5.41 Å². The van der Waals surface area contributed by atoms with Crippen LogP contribution in [0.4, 0.5) is 0 Å². The highest BCUT2D eigenvalue weighted by Gasteiger charge is 2.40. The summed E-state index contributed by atoms with van der Waals surface area (Å²) in [6.45, 7) is 1.90. The van der Waals surface area contributed by atoms with Crippen LogP contribution in [0.5, 0.6) is 0 Å². The highest BCUT2D eigenvalue weighted by Crippen LogP contribution is 2.21. The monoisotopic (exact) mass is 1750 g/mol. The van der Waals surface area contributed by atoms with Crippen molar-refractivity contribution >= 4 is 130 Å². The molecule has 4 rings (SSSR count). The van der Waals surface area contributed by atoms with Crippen molar-refractivity contribution in [3.63, 3.8) is 0 Å². The summed E-state index contributed by atoms with van der Waals surface area (Å²) in [5, 5.41) is 68.6. The number of nitrogens with zero attached hydrogens (tertiary/aromatic N) is 3. The lowest BCUT2D eigenvalue weighted by Gasteiger charge is -2.26. The largest absolute Gasteiger partial charge is 0.480 e. The van der Waals surface area contributed by atoms with E-state index in [1.54, 1.807) is 58.0 Å². The number of aliphatic carboxylic acids is 1. The lowest BCUT2D eigenvalue weighted by atomic mass is 9.98. The van der Waals surface area contributed by atoms with E-state index in [9.17, 15) is 111 Å². The summed E-state index contributed by atoms with van der Waals surface area (Å²) < 4.78 is 0. The molecule has 688 valence electrons. The first-order chi connectivity index (χ1) is 58.8. The molecule has 0 saturated carbocycles.